The van der Waals surface area contributed by atoms with Crippen molar-refractivity contribution in [3.8, 4) is 22.5 Å². The Morgan fingerprint density at radius 3 is 2.38 bits per heavy atom. The molecule has 0 bridgehead atoms. The summed E-state index contributed by atoms with van der Waals surface area (Å²) in [5, 5.41) is 7.26. The molecule has 3 heterocycles. The Bertz CT molecular complexity index is 1780. The maximum Gasteiger partial charge on any atom is 0.255 e. The average Bonchev–Trinajstić information content (AvgIpc) is 3.80. The largest absolute Gasteiger partial charge is 0.339 e. The number of carbonyl (C=O) groups excluding carboxylic acids is 2. The number of hydrogen-bond acceptors (Lipinski definition) is 5. The lowest BCUT2D eigenvalue weighted by atomic mass is 10.0. The van der Waals surface area contributed by atoms with Gasteiger partial charge in [-0.15, -0.1) is 0 Å². The zero-order valence-corrected chi connectivity index (χ0v) is 23.5. The summed E-state index contributed by atoms with van der Waals surface area (Å²) in [6, 6.07) is 23.5. The minimum atomic E-state index is -0.131. The molecular formula is C34H32N6O2. The SMILES string of the molecule is Cc1c(NC(=O)c2ccc(C3CC3)cc2)cccc1-c1ncnc2[nH]c(-c3ccc(C(=O)N4CCNCC4)cc3)cc12. The van der Waals surface area contributed by atoms with E-state index in [0.29, 0.717) is 17.0 Å². The van der Waals surface area contributed by atoms with Crippen molar-refractivity contribution < 1.29 is 9.59 Å². The van der Waals surface area contributed by atoms with Crippen LogP contribution in [-0.2, 0) is 0 Å². The van der Waals surface area contributed by atoms with Gasteiger partial charge in [0.2, 0.25) is 0 Å². The molecule has 8 heteroatoms. The molecule has 1 saturated heterocycles. The summed E-state index contributed by atoms with van der Waals surface area (Å²) in [6.07, 6.45) is 4.03. The van der Waals surface area contributed by atoms with Crippen LogP contribution in [0, 0.1) is 6.92 Å². The Morgan fingerprint density at radius 2 is 1.64 bits per heavy atom. The van der Waals surface area contributed by atoms with Gasteiger partial charge in [0.25, 0.3) is 11.8 Å². The molecule has 8 nitrogen and oxygen atoms in total. The summed E-state index contributed by atoms with van der Waals surface area (Å²) in [5.74, 6) is 0.587. The van der Waals surface area contributed by atoms with Gasteiger partial charge in [0.1, 0.15) is 12.0 Å². The highest BCUT2D eigenvalue weighted by molar-refractivity contribution is 6.05. The minimum Gasteiger partial charge on any atom is -0.339 e. The van der Waals surface area contributed by atoms with Crippen molar-refractivity contribution in [3.05, 3.63) is 101 Å². The number of H-pyrrole nitrogens is 1. The maximum atomic E-state index is 13.1. The zero-order valence-electron chi connectivity index (χ0n) is 23.5. The molecule has 1 aliphatic carbocycles. The van der Waals surface area contributed by atoms with Gasteiger partial charge in [0.05, 0.1) is 5.69 Å². The van der Waals surface area contributed by atoms with Gasteiger partial charge in [0, 0.05) is 59.6 Å². The number of aromatic nitrogens is 3. The smallest absolute Gasteiger partial charge is 0.255 e. The third-order valence-electron chi connectivity index (χ3n) is 8.33. The van der Waals surface area contributed by atoms with E-state index < -0.39 is 0 Å². The van der Waals surface area contributed by atoms with Gasteiger partial charge < -0.3 is 20.5 Å². The monoisotopic (exact) mass is 556 g/mol. The van der Waals surface area contributed by atoms with Crippen LogP contribution in [-0.4, -0.2) is 57.8 Å². The molecule has 2 aliphatic rings. The van der Waals surface area contributed by atoms with Crippen LogP contribution < -0.4 is 10.6 Å². The molecule has 2 amide bonds. The summed E-state index contributed by atoms with van der Waals surface area (Å²) < 4.78 is 0. The van der Waals surface area contributed by atoms with Crippen molar-refractivity contribution in [2.24, 2.45) is 0 Å². The topological polar surface area (TPSA) is 103 Å². The highest BCUT2D eigenvalue weighted by Crippen LogP contribution is 2.40. The predicted molar refractivity (Wildman–Crippen MR) is 165 cm³/mol. The summed E-state index contributed by atoms with van der Waals surface area (Å²) >= 11 is 0. The van der Waals surface area contributed by atoms with Crippen LogP contribution in [0.2, 0.25) is 0 Å². The molecule has 1 aliphatic heterocycles. The standard InChI is InChI=1S/C34H32N6O2/c1-21-27(3-2-4-29(21)39-33(41)25-11-7-23(8-12-25)22-5-6-22)31-28-19-30(38-32(28)37-20-36-31)24-9-13-26(14-10-24)34(42)40-17-15-35-16-18-40/h2-4,7-14,19-20,22,35H,5-6,15-18H2,1H3,(H,39,41)(H,36,37,38). The molecule has 1 saturated carbocycles. The van der Waals surface area contributed by atoms with Crippen molar-refractivity contribution in [1.29, 1.82) is 0 Å². The fourth-order valence-electron chi connectivity index (χ4n) is 5.70. The molecule has 2 aromatic heterocycles. The number of benzene rings is 3. The number of aromatic amines is 1. The number of amides is 2. The van der Waals surface area contributed by atoms with Crippen LogP contribution >= 0.6 is 0 Å². The Balaban J connectivity index is 1.14. The van der Waals surface area contributed by atoms with Gasteiger partial charge in [-0.1, -0.05) is 36.4 Å². The summed E-state index contributed by atoms with van der Waals surface area (Å²) in [5.41, 5.74) is 8.60. The highest BCUT2D eigenvalue weighted by atomic mass is 16.2. The molecule has 0 radical (unpaired) electrons. The first kappa shape index (κ1) is 26.1. The molecular weight excluding hydrogens is 524 g/mol. The highest BCUT2D eigenvalue weighted by Gasteiger charge is 2.23. The van der Waals surface area contributed by atoms with E-state index in [0.717, 1.165) is 71.0 Å². The van der Waals surface area contributed by atoms with Crippen molar-refractivity contribution >= 4 is 28.5 Å². The second kappa shape index (κ2) is 10.9. The number of nitrogens with zero attached hydrogens (tertiary/aromatic N) is 3. The molecule has 210 valence electrons. The second-order valence-electron chi connectivity index (χ2n) is 11.1. The van der Waals surface area contributed by atoms with Crippen LogP contribution in [0.5, 0.6) is 0 Å². The number of carbonyl (C=O) groups is 2. The number of rotatable bonds is 6. The second-order valence-corrected chi connectivity index (χ2v) is 11.1. The molecule has 2 fully saturated rings. The lowest BCUT2D eigenvalue weighted by Gasteiger charge is -2.27. The van der Waals surface area contributed by atoms with E-state index in [1.54, 1.807) is 6.33 Å². The van der Waals surface area contributed by atoms with E-state index in [2.05, 4.69) is 37.7 Å². The first-order chi connectivity index (χ1) is 20.5. The summed E-state index contributed by atoms with van der Waals surface area (Å²) in [4.78, 5) is 40.4. The van der Waals surface area contributed by atoms with Crippen LogP contribution in [0.3, 0.4) is 0 Å². The van der Waals surface area contributed by atoms with Crippen LogP contribution in [0.25, 0.3) is 33.5 Å². The number of fused-ring (bicyclic) bond motifs is 1. The van der Waals surface area contributed by atoms with Crippen molar-refractivity contribution in [1.82, 2.24) is 25.2 Å². The fourth-order valence-corrected chi connectivity index (χ4v) is 5.70. The first-order valence-electron chi connectivity index (χ1n) is 14.5. The Morgan fingerprint density at radius 1 is 0.905 bits per heavy atom. The fraction of sp³-hybridized carbons (Fsp3) is 0.235. The third kappa shape index (κ3) is 5.05. The molecule has 0 spiro atoms. The van der Waals surface area contributed by atoms with Gasteiger partial charge in [-0.2, -0.15) is 0 Å². The Kier molecular flexibility index (Phi) is 6.76. The lowest BCUT2D eigenvalue weighted by molar-refractivity contribution is 0.0735. The number of piperazine rings is 1. The van der Waals surface area contributed by atoms with Crippen molar-refractivity contribution in [2.45, 2.75) is 25.7 Å². The minimum absolute atomic E-state index is 0.0607. The molecule has 3 aromatic carbocycles. The normalized spacial score (nSPS) is 15.1. The van der Waals surface area contributed by atoms with Crippen LogP contribution in [0.15, 0.2) is 79.1 Å². The van der Waals surface area contributed by atoms with Crippen LogP contribution in [0.4, 0.5) is 5.69 Å². The van der Waals surface area contributed by atoms with E-state index in [1.807, 2.05) is 72.5 Å². The van der Waals surface area contributed by atoms with E-state index in [9.17, 15) is 9.59 Å². The summed E-state index contributed by atoms with van der Waals surface area (Å²) in [7, 11) is 0. The number of hydrogen-bond donors (Lipinski definition) is 3. The molecule has 0 unspecified atom stereocenters. The Labute approximate surface area is 244 Å². The van der Waals surface area contributed by atoms with Gasteiger partial charge in [-0.3, -0.25) is 9.59 Å². The predicted octanol–water partition coefficient (Wildman–Crippen LogP) is 5.78. The summed E-state index contributed by atoms with van der Waals surface area (Å²) in [6.45, 7) is 5.09. The maximum absolute atomic E-state index is 13.1. The third-order valence-corrected chi connectivity index (χ3v) is 8.33. The van der Waals surface area contributed by atoms with Crippen molar-refractivity contribution in [2.75, 3.05) is 31.5 Å². The van der Waals surface area contributed by atoms with E-state index in [-0.39, 0.29) is 11.8 Å². The van der Waals surface area contributed by atoms with Crippen molar-refractivity contribution in [3.63, 3.8) is 0 Å². The van der Waals surface area contributed by atoms with E-state index in [1.165, 1.54) is 18.4 Å². The zero-order chi connectivity index (χ0) is 28.6. The quantitative estimate of drug-likeness (QED) is 0.246. The number of nitrogens with one attached hydrogen (secondary N) is 3. The van der Waals surface area contributed by atoms with Crippen LogP contribution in [0.1, 0.15) is 50.6 Å². The molecule has 5 aromatic rings. The van der Waals surface area contributed by atoms with Gasteiger partial charge in [-0.05, 0) is 78.8 Å². The average molecular weight is 557 g/mol. The van der Waals surface area contributed by atoms with E-state index >= 15 is 0 Å². The van der Waals surface area contributed by atoms with Gasteiger partial charge in [-0.25, -0.2) is 9.97 Å². The molecule has 42 heavy (non-hydrogen) atoms. The molecule has 7 rings (SSSR count). The Hall–Kier alpha value is -4.82. The molecule has 3 N–H and O–H groups in total. The van der Waals surface area contributed by atoms with Gasteiger partial charge >= 0.3 is 0 Å². The lowest BCUT2D eigenvalue weighted by Crippen LogP contribution is -2.46. The van der Waals surface area contributed by atoms with E-state index in [4.69, 9.17) is 0 Å². The first-order valence-corrected chi connectivity index (χ1v) is 14.5. The number of anilines is 1. The van der Waals surface area contributed by atoms with Gasteiger partial charge in [0.15, 0.2) is 0 Å². The molecule has 0 atom stereocenters.